The van der Waals surface area contributed by atoms with Gasteiger partial charge in [0.1, 0.15) is 0 Å². The number of carboxylic acid groups (broad SMARTS) is 1. The third kappa shape index (κ3) is 2.66. The summed E-state index contributed by atoms with van der Waals surface area (Å²) in [6.07, 6.45) is 0. The van der Waals surface area contributed by atoms with E-state index in [0.29, 0.717) is 11.6 Å². The number of rotatable bonds is 4. The Balaban J connectivity index is 2.03. The van der Waals surface area contributed by atoms with Crippen LogP contribution in [0.3, 0.4) is 0 Å². The Morgan fingerprint density at radius 1 is 1.25 bits per heavy atom. The van der Waals surface area contributed by atoms with Crippen molar-refractivity contribution in [2.75, 3.05) is 7.05 Å². The number of carbonyl (C=O) groups excluding carboxylic acids is 1. The van der Waals surface area contributed by atoms with E-state index in [4.69, 9.17) is 16.7 Å². The van der Waals surface area contributed by atoms with Crippen molar-refractivity contribution < 1.29 is 14.7 Å². The molecule has 1 aromatic carbocycles. The zero-order chi connectivity index (χ0) is 15.1. The maximum absolute atomic E-state index is 12.3. The molecular weight excluding hydrogens is 278 g/mol. The predicted molar refractivity (Wildman–Crippen MR) is 76.3 cm³/mol. The van der Waals surface area contributed by atoms with Gasteiger partial charge in [0, 0.05) is 18.6 Å². The highest BCUT2D eigenvalue weighted by Gasteiger charge is 2.66. The molecule has 2 rings (SSSR count). The van der Waals surface area contributed by atoms with Crippen LogP contribution in [-0.2, 0) is 16.1 Å². The van der Waals surface area contributed by atoms with Crippen LogP contribution in [0.2, 0.25) is 5.02 Å². The molecule has 20 heavy (non-hydrogen) atoms. The van der Waals surface area contributed by atoms with Crippen LogP contribution in [0.5, 0.6) is 0 Å². The monoisotopic (exact) mass is 295 g/mol. The van der Waals surface area contributed by atoms with Gasteiger partial charge in [0.05, 0.1) is 11.8 Å². The smallest absolute Gasteiger partial charge is 0.307 e. The molecule has 0 spiro atoms. The SMILES string of the molecule is CN(Cc1ccc(Cl)cc1)C(=O)C1C(C(=O)O)C1(C)C. The molecule has 0 radical (unpaired) electrons. The highest BCUT2D eigenvalue weighted by molar-refractivity contribution is 6.30. The van der Waals surface area contributed by atoms with E-state index in [1.807, 2.05) is 26.0 Å². The van der Waals surface area contributed by atoms with Crippen LogP contribution in [0.15, 0.2) is 24.3 Å². The first-order valence-corrected chi connectivity index (χ1v) is 6.85. The lowest BCUT2D eigenvalue weighted by atomic mass is 10.1. The standard InChI is InChI=1S/C15H18ClNO3/c1-15(2)11(12(15)14(19)20)13(18)17(3)8-9-4-6-10(16)7-5-9/h4-7,11-12H,8H2,1-3H3,(H,19,20). The fourth-order valence-corrected chi connectivity index (χ4v) is 2.86. The third-order valence-electron chi connectivity index (χ3n) is 4.07. The van der Waals surface area contributed by atoms with Gasteiger partial charge in [0.15, 0.2) is 0 Å². The Bertz CT molecular complexity index is 539. The van der Waals surface area contributed by atoms with Crippen LogP contribution >= 0.6 is 11.6 Å². The molecule has 4 nitrogen and oxygen atoms in total. The quantitative estimate of drug-likeness (QED) is 0.929. The number of amides is 1. The van der Waals surface area contributed by atoms with Crippen molar-refractivity contribution in [2.24, 2.45) is 17.3 Å². The van der Waals surface area contributed by atoms with Crippen molar-refractivity contribution in [3.63, 3.8) is 0 Å². The number of carbonyl (C=O) groups is 2. The fourth-order valence-electron chi connectivity index (χ4n) is 2.74. The molecule has 1 aliphatic carbocycles. The van der Waals surface area contributed by atoms with Gasteiger partial charge in [-0.1, -0.05) is 37.6 Å². The summed E-state index contributed by atoms with van der Waals surface area (Å²) in [4.78, 5) is 25.1. The van der Waals surface area contributed by atoms with Crippen LogP contribution in [0, 0.1) is 17.3 Å². The number of halogens is 1. The number of nitrogens with zero attached hydrogens (tertiary/aromatic N) is 1. The van der Waals surface area contributed by atoms with Crippen LogP contribution in [0.1, 0.15) is 19.4 Å². The van der Waals surface area contributed by atoms with Crippen molar-refractivity contribution in [2.45, 2.75) is 20.4 Å². The minimum atomic E-state index is -0.895. The van der Waals surface area contributed by atoms with Crippen LogP contribution in [0.4, 0.5) is 0 Å². The molecule has 0 saturated heterocycles. The van der Waals surface area contributed by atoms with Crippen LogP contribution in [-0.4, -0.2) is 28.9 Å². The number of hydrogen-bond acceptors (Lipinski definition) is 2. The maximum Gasteiger partial charge on any atom is 0.307 e. The first-order valence-electron chi connectivity index (χ1n) is 6.47. The van der Waals surface area contributed by atoms with Gasteiger partial charge in [0.25, 0.3) is 0 Å². The van der Waals surface area contributed by atoms with E-state index in [9.17, 15) is 9.59 Å². The maximum atomic E-state index is 12.3. The molecule has 0 aromatic heterocycles. The van der Waals surface area contributed by atoms with Crippen molar-refractivity contribution in [3.8, 4) is 0 Å². The second kappa shape index (κ2) is 5.09. The van der Waals surface area contributed by atoms with Crippen LogP contribution < -0.4 is 0 Å². The summed E-state index contributed by atoms with van der Waals surface area (Å²) in [5.74, 6) is -2.02. The van der Waals surface area contributed by atoms with Gasteiger partial charge >= 0.3 is 5.97 Å². The molecule has 0 heterocycles. The lowest BCUT2D eigenvalue weighted by molar-refractivity contribution is -0.141. The molecule has 1 fully saturated rings. The Labute approximate surface area is 123 Å². The zero-order valence-electron chi connectivity index (χ0n) is 11.8. The molecule has 5 heteroatoms. The highest BCUT2D eigenvalue weighted by Crippen LogP contribution is 2.58. The summed E-state index contributed by atoms with van der Waals surface area (Å²) in [7, 11) is 1.70. The van der Waals surface area contributed by atoms with Crippen molar-refractivity contribution in [3.05, 3.63) is 34.9 Å². The predicted octanol–water partition coefficient (Wildman–Crippen LogP) is 2.66. The van der Waals surface area contributed by atoms with E-state index in [2.05, 4.69) is 0 Å². The van der Waals surface area contributed by atoms with Crippen molar-refractivity contribution in [1.29, 1.82) is 0 Å². The second-order valence-electron chi connectivity index (χ2n) is 5.94. The highest BCUT2D eigenvalue weighted by atomic mass is 35.5. The molecular formula is C15H18ClNO3. The summed E-state index contributed by atoms with van der Waals surface area (Å²) >= 11 is 5.82. The topological polar surface area (TPSA) is 57.6 Å². The Hall–Kier alpha value is -1.55. The fraction of sp³-hybridized carbons (Fsp3) is 0.467. The van der Waals surface area contributed by atoms with Gasteiger partial charge in [-0.05, 0) is 23.1 Å². The Morgan fingerprint density at radius 3 is 2.25 bits per heavy atom. The van der Waals surface area contributed by atoms with Gasteiger partial charge in [-0.15, -0.1) is 0 Å². The Kier molecular flexibility index (Phi) is 3.78. The van der Waals surface area contributed by atoms with Crippen molar-refractivity contribution >= 4 is 23.5 Å². The first-order chi connectivity index (χ1) is 9.25. The normalized spacial score (nSPS) is 23.2. The van der Waals surface area contributed by atoms with Gasteiger partial charge in [-0.2, -0.15) is 0 Å². The molecule has 1 amide bonds. The lowest BCUT2D eigenvalue weighted by Crippen LogP contribution is -2.29. The summed E-state index contributed by atoms with van der Waals surface area (Å²) < 4.78 is 0. The molecule has 1 aromatic rings. The molecule has 1 aliphatic rings. The van der Waals surface area contributed by atoms with E-state index in [0.717, 1.165) is 5.56 Å². The minimum Gasteiger partial charge on any atom is -0.481 e. The number of benzene rings is 1. The van der Waals surface area contributed by atoms with Gasteiger partial charge in [-0.25, -0.2) is 0 Å². The van der Waals surface area contributed by atoms with Gasteiger partial charge < -0.3 is 10.0 Å². The van der Waals surface area contributed by atoms with E-state index < -0.39 is 23.2 Å². The first kappa shape index (κ1) is 14.9. The average Bonchev–Trinajstić information content (AvgIpc) is 2.94. The largest absolute Gasteiger partial charge is 0.481 e. The van der Waals surface area contributed by atoms with Crippen molar-refractivity contribution in [1.82, 2.24) is 4.90 Å². The lowest BCUT2D eigenvalue weighted by Gasteiger charge is -2.18. The van der Waals surface area contributed by atoms with Gasteiger partial charge in [0.2, 0.25) is 5.91 Å². The molecule has 2 unspecified atom stereocenters. The summed E-state index contributed by atoms with van der Waals surface area (Å²) in [6, 6.07) is 7.27. The van der Waals surface area contributed by atoms with E-state index in [1.165, 1.54) is 0 Å². The van der Waals surface area contributed by atoms with Crippen LogP contribution in [0.25, 0.3) is 0 Å². The van der Waals surface area contributed by atoms with E-state index in [1.54, 1.807) is 24.1 Å². The van der Waals surface area contributed by atoms with Gasteiger partial charge in [-0.3, -0.25) is 9.59 Å². The summed E-state index contributed by atoms with van der Waals surface area (Å²) in [6.45, 7) is 4.10. The number of aliphatic carboxylic acids is 1. The number of carboxylic acids is 1. The molecule has 2 atom stereocenters. The zero-order valence-corrected chi connectivity index (χ0v) is 12.5. The van der Waals surface area contributed by atoms with E-state index >= 15 is 0 Å². The summed E-state index contributed by atoms with van der Waals surface area (Å²) in [5.41, 5.74) is 0.507. The third-order valence-corrected chi connectivity index (χ3v) is 4.32. The molecule has 108 valence electrons. The molecule has 1 N–H and O–H groups in total. The Morgan fingerprint density at radius 2 is 1.80 bits per heavy atom. The minimum absolute atomic E-state index is 0.114. The summed E-state index contributed by atoms with van der Waals surface area (Å²) in [5, 5.41) is 9.77. The molecule has 1 saturated carbocycles. The average molecular weight is 296 g/mol. The second-order valence-corrected chi connectivity index (χ2v) is 6.37. The van der Waals surface area contributed by atoms with E-state index in [-0.39, 0.29) is 5.91 Å². The number of hydrogen-bond donors (Lipinski definition) is 1. The molecule has 0 aliphatic heterocycles. The molecule has 0 bridgehead atoms.